The van der Waals surface area contributed by atoms with Gasteiger partial charge in [-0.1, -0.05) is 67.9 Å². The third-order valence-corrected chi connectivity index (χ3v) is 9.61. The highest BCUT2D eigenvalue weighted by molar-refractivity contribution is 7.92. The highest BCUT2D eigenvalue weighted by Crippen LogP contribution is 2.42. The first kappa shape index (κ1) is 29.2. The molecule has 1 atom stereocenters. The van der Waals surface area contributed by atoms with Crippen LogP contribution >= 0.6 is 0 Å². The monoisotopic (exact) mass is 584 g/mol. The van der Waals surface area contributed by atoms with Crippen molar-refractivity contribution in [2.45, 2.75) is 56.6 Å². The Bertz CT molecular complexity index is 1620. The number of aryl methyl sites for hydroxylation is 1. The van der Waals surface area contributed by atoms with E-state index >= 15 is 0 Å². The second-order valence-corrected chi connectivity index (χ2v) is 12.5. The summed E-state index contributed by atoms with van der Waals surface area (Å²) in [5, 5.41) is 3.13. The Morgan fingerprint density at radius 2 is 1.50 bits per heavy atom. The molecule has 1 aliphatic rings. The van der Waals surface area contributed by atoms with Crippen LogP contribution in [-0.4, -0.2) is 26.5 Å². The zero-order chi connectivity index (χ0) is 29.7. The minimum absolute atomic E-state index is 0.109. The van der Waals surface area contributed by atoms with E-state index in [2.05, 4.69) is 19.2 Å². The Labute approximate surface area is 248 Å². The van der Waals surface area contributed by atoms with Crippen molar-refractivity contribution >= 4 is 21.6 Å². The SMILES string of the molecule is CCC1(CC)C[C@H](NC(=O)CN(c2ccc(Oc3ccccc3)cc2)S(=O)(=O)c2ccc(C)cc2)c2ccccc2O1. The van der Waals surface area contributed by atoms with Crippen LogP contribution in [0.2, 0.25) is 0 Å². The summed E-state index contributed by atoms with van der Waals surface area (Å²) in [4.78, 5) is 13.8. The van der Waals surface area contributed by atoms with Gasteiger partial charge in [-0.15, -0.1) is 0 Å². The summed E-state index contributed by atoms with van der Waals surface area (Å²) in [6, 6.07) is 30.0. The van der Waals surface area contributed by atoms with Crippen molar-refractivity contribution < 1.29 is 22.7 Å². The van der Waals surface area contributed by atoms with E-state index in [4.69, 9.17) is 9.47 Å². The van der Waals surface area contributed by atoms with Gasteiger partial charge in [0.15, 0.2) is 0 Å². The van der Waals surface area contributed by atoms with Gasteiger partial charge in [0.2, 0.25) is 5.91 Å². The number of sulfonamides is 1. The Hall–Kier alpha value is -4.30. The van der Waals surface area contributed by atoms with Gasteiger partial charge in [0.05, 0.1) is 16.6 Å². The second kappa shape index (κ2) is 12.3. The second-order valence-electron chi connectivity index (χ2n) is 10.6. The van der Waals surface area contributed by atoms with E-state index < -0.39 is 21.5 Å². The van der Waals surface area contributed by atoms with Gasteiger partial charge in [0.1, 0.15) is 29.4 Å². The lowest BCUT2D eigenvalue weighted by molar-refractivity contribution is -0.121. The summed E-state index contributed by atoms with van der Waals surface area (Å²) < 4.78 is 41.3. The molecule has 0 radical (unpaired) electrons. The maximum absolute atomic E-state index is 13.9. The van der Waals surface area contributed by atoms with Crippen molar-refractivity contribution in [1.29, 1.82) is 0 Å². The predicted octanol–water partition coefficient (Wildman–Crippen LogP) is 7.18. The average molecular weight is 585 g/mol. The third-order valence-electron chi connectivity index (χ3n) is 7.82. The fraction of sp³-hybridized carbons (Fsp3) is 0.265. The van der Waals surface area contributed by atoms with Crippen LogP contribution in [0, 0.1) is 6.92 Å². The molecule has 1 heterocycles. The number of ether oxygens (including phenoxy) is 2. The van der Waals surface area contributed by atoms with E-state index in [1.807, 2.05) is 61.5 Å². The number of carbonyl (C=O) groups excluding carboxylic acids is 1. The molecule has 4 aromatic carbocycles. The number of fused-ring (bicyclic) bond motifs is 1. The number of carbonyl (C=O) groups is 1. The number of nitrogens with zero attached hydrogens (tertiary/aromatic N) is 1. The van der Waals surface area contributed by atoms with E-state index in [1.165, 1.54) is 0 Å². The molecule has 0 unspecified atom stereocenters. The summed E-state index contributed by atoms with van der Waals surface area (Å²) in [5.74, 6) is 1.56. The van der Waals surface area contributed by atoms with Gasteiger partial charge in [-0.2, -0.15) is 0 Å². The maximum atomic E-state index is 13.9. The van der Waals surface area contributed by atoms with Crippen LogP contribution in [0.15, 0.2) is 108 Å². The molecule has 218 valence electrons. The first-order valence-corrected chi connectivity index (χ1v) is 15.7. The highest BCUT2D eigenvalue weighted by Gasteiger charge is 2.39. The van der Waals surface area contributed by atoms with Crippen LogP contribution in [0.25, 0.3) is 0 Å². The molecule has 0 aromatic heterocycles. The molecule has 1 N–H and O–H groups in total. The number of anilines is 1. The summed E-state index contributed by atoms with van der Waals surface area (Å²) in [5.41, 5.74) is 1.78. The van der Waals surface area contributed by atoms with Crippen LogP contribution < -0.4 is 19.1 Å². The van der Waals surface area contributed by atoms with E-state index in [-0.39, 0.29) is 17.5 Å². The quantitative estimate of drug-likeness (QED) is 0.213. The lowest BCUT2D eigenvalue weighted by atomic mass is 9.83. The highest BCUT2D eigenvalue weighted by atomic mass is 32.2. The number of benzene rings is 4. The molecule has 42 heavy (non-hydrogen) atoms. The Morgan fingerprint density at radius 1 is 0.881 bits per heavy atom. The number of hydrogen-bond acceptors (Lipinski definition) is 5. The molecule has 7 nitrogen and oxygen atoms in total. The number of rotatable bonds is 10. The van der Waals surface area contributed by atoms with Gasteiger partial charge in [0, 0.05) is 12.0 Å². The number of amides is 1. The molecule has 0 saturated carbocycles. The lowest BCUT2D eigenvalue weighted by Gasteiger charge is -2.41. The molecule has 0 fully saturated rings. The molecule has 0 spiro atoms. The zero-order valence-electron chi connectivity index (χ0n) is 24.1. The van der Waals surface area contributed by atoms with Gasteiger partial charge in [-0.25, -0.2) is 8.42 Å². The van der Waals surface area contributed by atoms with Crippen molar-refractivity contribution in [2.24, 2.45) is 0 Å². The summed E-state index contributed by atoms with van der Waals surface area (Å²) >= 11 is 0. The Morgan fingerprint density at radius 3 is 2.17 bits per heavy atom. The van der Waals surface area contributed by atoms with Gasteiger partial charge < -0.3 is 14.8 Å². The molecule has 4 aromatic rings. The van der Waals surface area contributed by atoms with E-state index in [1.54, 1.807) is 48.5 Å². The van der Waals surface area contributed by atoms with Gasteiger partial charge >= 0.3 is 0 Å². The van der Waals surface area contributed by atoms with Crippen molar-refractivity contribution in [3.63, 3.8) is 0 Å². The summed E-state index contributed by atoms with van der Waals surface area (Å²) in [6.07, 6.45) is 2.17. The molecule has 1 amide bonds. The third kappa shape index (κ3) is 6.29. The Kier molecular flexibility index (Phi) is 8.54. The first-order valence-electron chi connectivity index (χ1n) is 14.2. The number of hydrogen-bond donors (Lipinski definition) is 1. The molecular formula is C34H36N2O5S. The summed E-state index contributed by atoms with van der Waals surface area (Å²) in [6.45, 7) is 5.67. The van der Waals surface area contributed by atoms with Crippen molar-refractivity contribution in [1.82, 2.24) is 5.32 Å². The molecule has 5 rings (SSSR count). The maximum Gasteiger partial charge on any atom is 0.264 e. The minimum atomic E-state index is -4.06. The minimum Gasteiger partial charge on any atom is -0.487 e. The number of para-hydroxylation sites is 2. The van der Waals surface area contributed by atoms with Gasteiger partial charge in [0.25, 0.3) is 10.0 Å². The van der Waals surface area contributed by atoms with Gasteiger partial charge in [-0.3, -0.25) is 9.10 Å². The molecule has 8 heteroatoms. The average Bonchev–Trinajstić information content (AvgIpc) is 3.01. The van der Waals surface area contributed by atoms with Crippen LogP contribution in [0.1, 0.15) is 50.3 Å². The fourth-order valence-corrected chi connectivity index (χ4v) is 6.68. The van der Waals surface area contributed by atoms with Crippen LogP contribution in [-0.2, 0) is 14.8 Å². The van der Waals surface area contributed by atoms with Crippen molar-refractivity contribution in [3.8, 4) is 17.2 Å². The molecule has 0 aliphatic carbocycles. The molecular weight excluding hydrogens is 548 g/mol. The summed E-state index contributed by atoms with van der Waals surface area (Å²) in [7, 11) is -4.06. The largest absolute Gasteiger partial charge is 0.487 e. The van der Waals surface area contributed by atoms with E-state index in [9.17, 15) is 13.2 Å². The Balaban J connectivity index is 1.43. The van der Waals surface area contributed by atoms with Gasteiger partial charge in [-0.05, 0) is 74.4 Å². The molecule has 0 saturated heterocycles. The first-order chi connectivity index (χ1) is 20.2. The fourth-order valence-electron chi connectivity index (χ4n) is 5.26. The number of nitrogens with one attached hydrogen (secondary N) is 1. The van der Waals surface area contributed by atoms with Crippen LogP contribution in [0.3, 0.4) is 0 Å². The zero-order valence-corrected chi connectivity index (χ0v) is 24.9. The van der Waals surface area contributed by atoms with Crippen molar-refractivity contribution in [3.05, 3.63) is 114 Å². The lowest BCUT2D eigenvalue weighted by Crippen LogP contribution is -2.47. The molecule has 0 bridgehead atoms. The van der Waals surface area contributed by atoms with Crippen LogP contribution in [0.5, 0.6) is 17.2 Å². The smallest absolute Gasteiger partial charge is 0.264 e. The van der Waals surface area contributed by atoms with E-state index in [0.29, 0.717) is 23.6 Å². The van der Waals surface area contributed by atoms with E-state index in [0.717, 1.165) is 34.0 Å². The topological polar surface area (TPSA) is 84.9 Å². The normalized spacial score (nSPS) is 15.6. The van der Waals surface area contributed by atoms with Crippen LogP contribution in [0.4, 0.5) is 5.69 Å². The molecule has 1 aliphatic heterocycles. The predicted molar refractivity (Wildman–Crippen MR) is 165 cm³/mol. The standard InChI is InChI=1S/C34H36N2O5S/c1-4-34(5-2)23-31(30-13-9-10-14-32(30)41-34)35-33(37)24-36(42(38,39)29-21-15-25(3)16-22-29)26-17-19-28(20-18-26)40-27-11-7-6-8-12-27/h6-22,31H,4-5,23-24H2,1-3H3,(H,35,37)/t31-/m0/s1. The van der Waals surface area contributed by atoms with Crippen molar-refractivity contribution in [2.75, 3.05) is 10.8 Å².